The number of benzene rings is 1. The zero-order chi connectivity index (χ0) is 28.1. The van der Waals surface area contributed by atoms with E-state index >= 15 is 0 Å². The number of aromatic carboxylic acids is 1. The number of carbonyl (C=O) groups excluding carboxylic acids is 3. The number of unbranched alkanes of at least 4 members (excludes halogenated alkanes) is 2. The van der Waals surface area contributed by atoms with E-state index in [1.54, 1.807) is 38.1 Å². The molecule has 2 atom stereocenters. The third kappa shape index (κ3) is 8.27. The van der Waals surface area contributed by atoms with E-state index < -0.39 is 23.8 Å². The number of nitrogens with one attached hydrogen (secondary N) is 2. The van der Waals surface area contributed by atoms with E-state index in [9.17, 15) is 29.5 Å². The van der Waals surface area contributed by atoms with Gasteiger partial charge in [0.25, 0.3) is 5.91 Å². The Bertz CT molecular complexity index is 1110. The van der Waals surface area contributed by atoms with Crippen molar-refractivity contribution in [1.82, 2.24) is 20.7 Å². The quantitative estimate of drug-likeness (QED) is 0.0848. The molecule has 0 spiro atoms. The van der Waals surface area contributed by atoms with Crippen LogP contribution in [0.5, 0.6) is 5.75 Å². The molecule has 1 heterocycles. The highest BCUT2D eigenvalue weighted by Crippen LogP contribution is 2.27. The standard InChI is InChI=1S/C27H36N4O7/c1-4-7-8-10-19(23(5-2)31(37)17-32)25(33)28-16-29-26(34)22-12-9-11-21(30-22)18-13-14-20(27(35)36)24(15-18)38-6-3/h9,11-15,17,19,23,37H,4-8,10,16H2,1-3H3,(H,28,33)(H,29,34)(H,35,36)/t19-,23-/m1/s1. The van der Waals surface area contributed by atoms with Gasteiger partial charge >= 0.3 is 5.97 Å². The molecule has 2 rings (SSSR count). The van der Waals surface area contributed by atoms with Gasteiger partial charge in [0.05, 0.1) is 30.9 Å². The van der Waals surface area contributed by atoms with Crippen molar-refractivity contribution in [2.75, 3.05) is 13.3 Å². The summed E-state index contributed by atoms with van der Waals surface area (Å²) in [5.41, 5.74) is 1.14. The van der Waals surface area contributed by atoms with E-state index in [-0.39, 0.29) is 36.2 Å². The third-order valence-corrected chi connectivity index (χ3v) is 6.09. The van der Waals surface area contributed by atoms with Gasteiger partial charge in [-0.3, -0.25) is 19.6 Å². The fourth-order valence-electron chi connectivity index (χ4n) is 4.14. The van der Waals surface area contributed by atoms with Crippen LogP contribution in [0.4, 0.5) is 0 Å². The molecule has 1 aromatic carbocycles. The fourth-order valence-corrected chi connectivity index (χ4v) is 4.14. The molecule has 0 radical (unpaired) electrons. The Hall–Kier alpha value is -3.99. The Morgan fingerprint density at radius 3 is 2.50 bits per heavy atom. The Morgan fingerprint density at radius 1 is 1.11 bits per heavy atom. The molecule has 0 aliphatic rings. The van der Waals surface area contributed by atoms with Crippen LogP contribution in [0.2, 0.25) is 0 Å². The van der Waals surface area contributed by atoms with E-state index in [2.05, 4.69) is 15.6 Å². The number of amides is 3. The summed E-state index contributed by atoms with van der Waals surface area (Å²) in [4.78, 5) is 52.5. The van der Waals surface area contributed by atoms with Crippen LogP contribution >= 0.6 is 0 Å². The lowest BCUT2D eigenvalue weighted by molar-refractivity contribution is -0.168. The molecule has 11 heteroatoms. The number of carboxylic acid groups (broad SMARTS) is 1. The number of rotatable bonds is 16. The zero-order valence-corrected chi connectivity index (χ0v) is 22.0. The van der Waals surface area contributed by atoms with Crippen LogP contribution in [0, 0.1) is 5.92 Å². The molecule has 3 amide bonds. The van der Waals surface area contributed by atoms with Gasteiger partial charge in [0.15, 0.2) is 0 Å². The number of aromatic nitrogens is 1. The first-order valence-electron chi connectivity index (χ1n) is 12.7. The topological polar surface area (TPSA) is 158 Å². The summed E-state index contributed by atoms with van der Waals surface area (Å²) in [6.45, 7) is 5.69. The van der Waals surface area contributed by atoms with Crippen molar-refractivity contribution in [3.63, 3.8) is 0 Å². The highest BCUT2D eigenvalue weighted by Gasteiger charge is 2.30. The first-order chi connectivity index (χ1) is 18.3. The third-order valence-electron chi connectivity index (χ3n) is 6.09. The number of nitrogens with zero attached hydrogens (tertiary/aromatic N) is 2. The summed E-state index contributed by atoms with van der Waals surface area (Å²) < 4.78 is 5.44. The number of carbonyl (C=O) groups is 4. The van der Waals surface area contributed by atoms with Gasteiger partial charge in [0.1, 0.15) is 17.0 Å². The number of hydroxylamine groups is 2. The minimum Gasteiger partial charge on any atom is -0.493 e. The maximum atomic E-state index is 12.9. The first kappa shape index (κ1) is 30.2. The molecule has 38 heavy (non-hydrogen) atoms. The van der Waals surface area contributed by atoms with Crippen LogP contribution in [-0.4, -0.2) is 63.9 Å². The van der Waals surface area contributed by atoms with Crippen molar-refractivity contribution in [2.45, 2.75) is 58.9 Å². The Morgan fingerprint density at radius 2 is 1.87 bits per heavy atom. The number of ether oxygens (including phenoxy) is 1. The molecule has 1 aromatic heterocycles. The Kier molecular flexibility index (Phi) is 12.2. The zero-order valence-electron chi connectivity index (χ0n) is 22.0. The molecule has 0 aliphatic carbocycles. The SMILES string of the molecule is CCCCC[C@@H](C(=O)NCNC(=O)c1cccc(-c2ccc(C(=O)O)c(OCC)c2)n1)[C@@H](CC)N(O)C=O. The van der Waals surface area contributed by atoms with Gasteiger partial charge in [-0.2, -0.15) is 0 Å². The summed E-state index contributed by atoms with van der Waals surface area (Å²) in [5.74, 6) is -2.44. The lowest BCUT2D eigenvalue weighted by atomic mass is 9.90. The Labute approximate surface area is 222 Å². The van der Waals surface area contributed by atoms with Crippen molar-refractivity contribution in [3.8, 4) is 17.0 Å². The normalized spacial score (nSPS) is 12.2. The number of carboxylic acids is 1. The van der Waals surface area contributed by atoms with Gasteiger partial charge in [-0.15, -0.1) is 0 Å². The second-order valence-corrected chi connectivity index (χ2v) is 8.64. The monoisotopic (exact) mass is 528 g/mol. The second-order valence-electron chi connectivity index (χ2n) is 8.64. The maximum Gasteiger partial charge on any atom is 0.339 e. The molecule has 0 saturated carbocycles. The summed E-state index contributed by atoms with van der Waals surface area (Å²) in [6, 6.07) is 8.74. The van der Waals surface area contributed by atoms with E-state index in [1.807, 2.05) is 6.92 Å². The average molecular weight is 529 g/mol. The summed E-state index contributed by atoms with van der Waals surface area (Å²) in [7, 11) is 0. The molecule has 0 bridgehead atoms. The van der Waals surface area contributed by atoms with E-state index in [0.29, 0.717) is 35.6 Å². The largest absolute Gasteiger partial charge is 0.493 e. The van der Waals surface area contributed by atoms with Gasteiger partial charge in [0.2, 0.25) is 12.3 Å². The van der Waals surface area contributed by atoms with Crippen LogP contribution in [0.3, 0.4) is 0 Å². The van der Waals surface area contributed by atoms with Crippen molar-refractivity contribution < 1.29 is 34.2 Å². The summed E-state index contributed by atoms with van der Waals surface area (Å²) in [5, 5.41) is 25.1. The number of pyridine rings is 1. The second kappa shape index (κ2) is 15.3. The maximum absolute atomic E-state index is 12.9. The molecular weight excluding hydrogens is 492 g/mol. The van der Waals surface area contributed by atoms with Crippen molar-refractivity contribution >= 4 is 24.2 Å². The summed E-state index contributed by atoms with van der Waals surface area (Å²) in [6.07, 6.45) is 3.81. The predicted molar refractivity (Wildman–Crippen MR) is 140 cm³/mol. The summed E-state index contributed by atoms with van der Waals surface area (Å²) >= 11 is 0. The van der Waals surface area contributed by atoms with Crippen LogP contribution in [-0.2, 0) is 9.59 Å². The number of hydrogen-bond donors (Lipinski definition) is 4. The van der Waals surface area contributed by atoms with Gasteiger partial charge in [0, 0.05) is 5.56 Å². The van der Waals surface area contributed by atoms with Gasteiger partial charge in [-0.1, -0.05) is 45.2 Å². The molecule has 206 valence electrons. The molecule has 0 saturated heterocycles. The first-order valence-corrected chi connectivity index (χ1v) is 12.7. The van der Waals surface area contributed by atoms with Gasteiger partial charge < -0.3 is 20.5 Å². The number of hydrogen-bond acceptors (Lipinski definition) is 7. The van der Waals surface area contributed by atoms with Crippen LogP contribution in [0.1, 0.15) is 73.7 Å². The molecular formula is C27H36N4O7. The average Bonchev–Trinajstić information content (AvgIpc) is 2.92. The molecule has 11 nitrogen and oxygen atoms in total. The van der Waals surface area contributed by atoms with E-state index in [4.69, 9.17) is 4.74 Å². The minimum atomic E-state index is -1.11. The minimum absolute atomic E-state index is 0.0241. The van der Waals surface area contributed by atoms with Crippen molar-refractivity contribution in [1.29, 1.82) is 0 Å². The van der Waals surface area contributed by atoms with Crippen LogP contribution in [0.15, 0.2) is 36.4 Å². The van der Waals surface area contributed by atoms with Gasteiger partial charge in [-0.25, -0.2) is 14.8 Å². The molecule has 4 N–H and O–H groups in total. The van der Waals surface area contributed by atoms with Gasteiger partial charge in [-0.05, 0) is 44.0 Å². The van der Waals surface area contributed by atoms with Crippen LogP contribution < -0.4 is 15.4 Å². The predicted octanol–water partition coefficient (Wildman–Crippen LogP) is 3.47. The van der Waals surface area contributed by atoms with Crippen LogP contribution in [0.25, 0.3) is 11.3 Å². The Balaban J connectivity index is 2.09. The fraction of sp³-hybridized carbons (Fsp3) is 0.444. The molecule has 2 aromatic rings. The van der Waals surface area contributed by atoms with E-state index in [1.165, 1.54) is 12.1 Å². The highest BCUT2D eigenvalue weighted by molar-refractivity contribution is 5.94. The van der Waals surface area contributed by atoms with Crippen molar-refractivity contribution in [2.24, 2.45) is 5.92 Å². The molecule has 0 unspecified atom stereocenters. The van der Waals surface area contributed by atoms with Crippen molar-refractivity contribution in [3.05, 3.63) is 47.7 Å². The smallest absolute Gasteiger partial charge is 0.339 e. The highest BCUT2D eigenvalue weighted by atomic mass is 16.5. The molecule has 0 fully saturated rings. The lowest BCUT2D eigenvalue weighted by Gasteiger charge is -2.29. The lowest BCUT2D eigenvalue weighted by Crippen LogP contribution is -2.47. The van der Waals surface area contributed by atoms with E-state index in [0.717, 1.165) is 19.3 Å². The molecule has 0 aliphatic heterocycles.